The van der Waals surface area contributed by atoms with Crippen molar-refractivity contribution in [2.45, 2.75) is 30.2 Å². The van der Waals surface area contributed by atoms with Gasteiger partial charge >= 0.3 is 0 Å². The number of hydrogen-bond acceptors (Lipinski definition) is 4. The minimum Gasteiger partial charge on any atom is -0.381 e. The van der Waals surface area contributed by atoms with Crippen LogP contribution in [0.4, 0.5) is 4.39 Å². The highest BCUT2D eigenvalue weighted by molar-refractivity contribution is 7.94. The monoisotopic (exact) mass is 387 g/mol. The molecule has 1 fully saturated rings. The van der Waals surface area contributed by atoms with Gasteiger partial charge in [0.25, 0.3) is 0 Å². The first-order chi connectivity index (χ1) is 13.2. The highest BCUT2D eigenvalue weighted by Crippen LogP contribution is 2.34. The van der Waals surface area contributed by atoms with Gasteiger partial charge in [-0.15, -0.1) is 0 Å². The number of ether oxygens (including phenoxy) is 1. The fourth-order valence-corrected chi connectivity index (χ4v) is 4.12. The maximum atomic E-state index is 13.3. The van der Waals surface area contributed by atoms with Gasteiger partial charge in [-0.2, -0.15) is 4.33 Å². The average molecular weight is 387 g/mol. The number of fused-ring (bicyclic) bond motifs is 1. The standard InChI is InChI=1S/C21H22FNO3S/c1-24-26-27-19-6-7-20-17(12-19)13-21(16-8-10-25-11-9-16)23(20)14-15-2-4-18(22)5-3-15/h2-7,12-13,16H,8-11,14H2,1H3. The molecule has 2 aromatic carbocycles. The van der Waals surface area contributed by atoms with Crippen molar-refractivity contribution in [2.75, 3.05) is 20.3 Å². The van der Waals surface area contributed by atoms with E-state index in [4.69, 9.17) is 9.07 Å². The molecule has 0 N–H and O–H groups in total. The minimum absolute atomic E-state index is 0.208. The molecule has 0 aliphatic carbocycles. The zero-order chi connectivity index (χ0) is 18.6. The Morgan fingerprint density at radius 2 is 1.89 bits per heavy atom. The van der Waals surface area contributed by atoms with Crippen molar-refractivity contribution in [1.29, 1.82) is 0 Å². The van der Waals surface area contributed by atoms with Crippen LogP contribution in [0.2, 0.25) is 0 Å². The summed E-state index contributed by atoms with van der Waals surface area (Å²) in [6.45, 7) is 2.31. The third-order valence-corrected chi connectivity index (χ3v) is 5.65. The molecule has 0 saturated carbocycles. The van der Waals surface area contributed by atoms with Gasteiger partial charge in [0.1, 0.15) is 5.82 Å². The summed E-state index contributed by atoms with van der Waals surface area (Å²) in [4.78, 5) is 5.67. The molecule has 4 nitrogen and oxygen atoms in total. The van der Waals surface area contributed by atoms with Gasteiger partial charge in [-0.25, -0.2) is 9.28 Å². The summed E-state index contributed by atoms with van der Waals surface area (Å²) in [5, 5.41) is 1.17. The first kappa shape index (κ1) is 18.5. The Bertz CT molecular complexity index is 904. The van der Waals surface area contributed by atoms with E-state index in [2.05, 4.69) is 27.7 Å². The van der Waals surface area contributed by atoms with Gasteiger partial charge in [0.2, 0.25) is 0 Å². The van der Waals surface area contributed by atoms with Crippen LogP contribution >= 0.6 is 12.0 Å². The van der Waals surface area contributed by atoms with Gasteiger partial charge < -0.3 is 9.30 Å². The first-order valence-corrected chi connectivity index (χ1v) is 9.81. The van der Waals surface area contributed by atoms with Crippen LogP contribution in [0, 0.1) is 5.82 Å². The van der Waals surface area contributed by atoms with Crippen molar-refractivity contribution >= 4 is 22.9 Å². The second-order valence-electron chi connectivity index (χ2n) is 6.71. The third-order valence-electron chi connectivity index (χ3n) is 5.00. The number of nitrogens with zero attached hydrogens (tertiary/aromatic N) is 1. The molecule has 0 spiro atoms. The van der Waals surface area contributed by atoms with Gasteiger partial charge in [-0.1, -0.05) is 12.1 Å². The van der Waals surface area contributed by atoms with Gasteiger partial charge in [0.05, 0.1) is 19.2 Å². The first-order valence-electron chi connectivity index (χ1n) is 9.07. The molecule has 3 aromatic rings. The normalized spacial score (nSPS) is 15.5. The topological polar surface area (TPSA) is 32.6 Å². The highest BCUT2D eigenvalue weighted by Gasteiger charge is 2.21. The Balaban J connectivity index is 1.73. The second-order valence-corrected chi connectivity index (χ2v) is 7.48. The van der Waals surface area contributed by atoms with Crippen LogP contribution in [-0.2, 0) is 20.5 Å². The molecule has 1 saturated heterocycles. The number of rotatable bonds is 6. The summed E-state index contributed by atoms with van der Waals surface area (Å²) in [5.41, 5.74) is 3.57. The lowest BCUT2D eigenvalue weighted by Gasteiger charge is -2.24. The smallest absolute Gasteiger partial charge is 0.123 e. The quantitative estimate of drug-likeness (QED) is 0.326. The van der Waals surface area contributed by atoms with Crippen LogP contribution in [0.15, 0.2) is 53.4 Å². The predicted molar refractivity (Wildman–Crippen MR) is 104 cm³/mol. The van der Waals surface area contributed by atoms with Crippen molar-refractivity contribution in [3.8, 4) is 0 Å². The van der Waals surface area contributed by atoms with E-state index in [9.17, 15) is 4.39 Å². The van der Waals surface area contributed by atoms with E-state index < -0.39 is 0 Å². The van der Waals surface area contributed by atoms with Crippen LogP contribution in [0.3, 0.4) is 0 Å². The van der Waals surface area contributed by atoms with Crippen LogP contribution in [0.5, 0.6) is 0 Å². The molecular formula is C21H22FNO3S. The predicted octanol–water partition coefficient (Wildman–Crippen LogP) is 5.31. The SMILES string of the molecule is COOSc1ccc2c(c1)cc(C1CCOCC1)n2Cc1ccc(F)cc1. The van der Waals surface area contributed by atoms with Gasteiger partial charge in [0.15, 0.2) is 0 Å². The summed E-state index contributed by atoms with van der Waals surface area (Å²) in [6.07, 6.45) is 2.04. The average Bonchev–Trinajstić information content (AvgIpc) is 3.06. The Kier molecular flexibility index (Phi) is 5.78. The number of benzene rings is 2. The van der Waals surface area contributed by atoms with Crippen molar-refractivity contribution < 1.29 is 18.3 Å². The zero-order valence-electron chi connectivity index (χ0n) is 15.2. The van der Waals surface area contributed by atoms with Crippen LogP contribution in [-0.4, -0.2) is 24.9 Å². The van der Waals surface area contributed by atoms with E-state index in [1.807, 2.05) is 18.2 Å². The van der Waals surface area contributed by atoms with Crippen molar-refractivity contribution in [1.82, 2.24) is 4.57 Å². The van der Waals surface area contributed by atoms with Crippen LogP contribution in [0.1, 0.15) is 30.0 Å². The molecular weight excluding hydrogens is 365 g/mol. The number of halogens is 1. The summed E-state index contributed by atoms with van der Waals surface area (Å²) in [5.74, 6) is 0.263. The van der Waals surface area contributed by atoms with Crippen molar-refractivity contribution in [2.24, 2.45) is 0 Å². The number of aromatic nitrogens is 1. The Morgan fingerprint density at radius 1 is 1.11 bits per heavy atom. The summed E-state index contributed by atoms with van der Waals surface area (Å²) in [7, 11) is 1.49. The Morgan fingerprint density at radius 3 is 2.63 bits per heavy atom. The van der Waals surface area contributed by atoms with Crippen LogP contribution in [0.25, 0.3) is 10.9 Å². The second kappa shape index (κ2) is 8.44. The Hall–Kier alpha value is -1.86. The highest BCUT2D eigenvalue weighted by atomic mass is 32.2. The summed E-state index contributed by atoms with van der Waals surface area (Å²) in [6, 6.07) is 15.3. The number of hydrogen-bond donors (Lipinski definition) is 0. The van der Waals surface area contributed by atoms with Crippen molar-refractivity contribution in [3.63, 3.8) is 0 Å². The molecule has 142 valence electrons. The molecule has 0 bridgehead atoms. The molecule has 0 atom stereocenters. The maximum absolute atomic E-state index is 13.3. The fourth-order valence-electron chi connectivity index (χ4n) is 3.68. The van der Waals surface area contributed by atoms with Gasteiger partial charge in [-0.05, 0) is 54.8 Å². The molecule has 6 heteroatoms. The lowest BCUT2D eigenvalue weighted by atomic mass is 9.96. The van der Waals surface area contributed by atoms with Gasteiger partial charge in [0, 0.05) is 47.2 Å². The summed E-state index contributed by atoms with van der Waals surface area (Å²) < 4.78 is 26.2. The molecule has 0 radical (unpaired) electrons. The molecule has 1 aliphatic rings. The van der Waals surface area contributed by atoms with E-state index in [-0.39, 0.29) is 5.82 Å². The fraction of sp³-hybridized carbons (Fsp3) is 0.333. The van der Waals surface area contributed by atoms with Crippen molar-refractivity contribution in [3.05, 3.63) is 65.6 Å². The summed E-state index contributed by atoms with van der Waals surface area (Å²) >= 11 is 1.20. The minimum atomic E-state index is -0.208. The molecule has 1 aliphatic heterocycles. The molecule has 4 rings (SSSR count). The van der Waals surface area contributed by atoms with Gasteiger partial charge in [-0.3, -0.25) is 0 Å². The van der Waals surface area contributed by atoms with E-state index in [0.717, 1.165) is 43.1 Å². The molecule has 1 aromatic heterocycles. The maximum Gasteiger partial charge on any atom is 0.123 e. The lowest BCUT2D eigenvalue weighted by molar-refractivity contribution is -0.160. The molecule has 0 amide bonds. The van der Waals surface area contributed by atoms with E-state index in [0.29, 0.717) is 5.92 Å². The third kappa shape index (κ3) is 4.19. The van der Waals surface area contributed by atoms with E-state index >= 15 is 0 Å². The van der Waals surface area contributed by atoms with Crippen LogP contribution < -0.4 is 0 Å². The van der Waals surface area contributed by atoms with E-state index in [1.165, 1.54) is 47.9 Å². The molecule has 2 heterocycles. The van der Waals surface area contributed by atoms with E-state index in [1.54, 1.807) is 0 Å². The lowest BCUT2D eigenvalue weighted by Crippen LogP contribution is -2.17. The Labute approximate surface area is 162 Å². The zero-order valence-corrected chi connectivity index (χ0v) is 16.0. The molecule has 0 unspecified atom stereocenters. The molecule has 27 heavy (non-hydrogen) atoms. The largest absolute Gasteiger partial charge is 0.381 e.